The average molecular weight is 496 g/mol. The third-order valence-electron chi connectivity index (χ3n) is 5.83. The highest BCUT2D eigenvalue weighted by Crippen LogP contribution is 2.42. The number of anilines is 3. The predicted octanol–water partition coefficient (Wildman–Crippen LogP) is 5.88. The van der Waals surface area contributed by atoms with Crippen LogP contribution in [0.1, 0.15) is 24.3 Å². The van der Waals surface area contributed by atoms with Crippen molar-refractivity contribution < 1.29 is 13.6 Å². The molecule has 2 amide bonds. The van der Waals surface area contributed by atoms with Gasteiger partial charge in [-0.25, -0.2) is 18.6 Å². The molecule has 0 radical (unpaired) electrons. The second-order valence-electron chi connectivity index (χ2n) is 8.27. The zero-order valence-corrected chi connectivity index (χ0v) is 19.3. The topological polar surface area (TPSA) is 88.0 Å². The van der Waals surface area contributed by atoms with Gasteiger partial charge in [-0.05, 0) is 66.6 Å². The third-order valence-corrected chi connectivity index (χ3v) is 6.13. The van der Waals surface area contributed by atoms with Gasteiger partial charge in [-0.2, -0.15) is 0 Å². The maximum absolute atomic E-state index is 14.7. The van der Waals surface area contributed by atoms with E-state index >= 15 is 0 Å². The Kier molecular flexibility index (Phi) is 5.86. The number of carbonyl (C=O) groups excluding carboxylic acids is 1. The number of rotatable bonds is 5. The molecule has 5 rings (SSSR count). The molecular weight excluding hydrogens is 476 g/mol. The Hall–Kier alpha value is -3.98. The third kappa shape index (κ3) is 4.54. The standard InChI is InChI=1S/C25H20ClF2N5O2/c1-29-22-8-17-14(11-30-22)12-33(24(34)23(17)13-2-3-13)21-10-20(19(28)9-18(21)26)32-25(35)31-16-6-4-15(27)5-7-16/h4-13,29H,2-3H2,1H3,(H2,31,32,35). The Balaban J connectivity index is 1.55. The SMILES string of the molecule is CNc1cc2c(C3CC3)c(=O)n(-c3cc(NC(=O)Nc4ccc(F)cc4)c(F)cc3Cl)cc2cn1. The number of nitrogens with one attached hydrogen (secondary N) is 3. The fraction of sp³-hybridized carbons (Fsp3) is 0.160. The molecular formula is C25H20ClF2N5O2. The Morgan fingerprint density at radius 3 is 2.54 bits per heavy atom. The summed E-state index contributed by atoms with van der Waals surface area (Å²) >= 11 is 6.35. The first kappa shape index (κ1) is 22.8. The Morgan fingerprint density at radius 1 is 1.11 bits per heavy atom. The van der Waals surface area contributed by atoms with Crippen LogP contribution in [0.4, 0.5) is 30.8 Å². The zero-order valence-electron chi connectivity index (χ0n) is 18.5. The van der Waals surface area contributed by atoms with Crippen molar-refractivity contribution >= 4 is 45.6 Å². The minimum atomic E-state index is -0.774. The molecule has 0 bridgehead atoms. The van der Waals surface area contributed by atoms with Crippen molar-refractivity contribution in [2.75, 3.05) is 23.0 Å². The molecule has 2 aromatic carbocycles. The normalized spacial score (nSPS) is 13.0. The summed E-state index contributed by atoms with van der Waals surface area (Å²) in [5.41, 5.74) is 0.768. The van der Waals surface area contributed by atoms with E-state index < -0.39 is 17.7 Å². The summed E-state index contributed by atoms with van der Waals surface area (Å²) in [5, 5.41) is 9.45. The van der Waals surface area contributed by atoms with Gasteiger partial charge in [0.15, 0.2) is 0 Å². The van der Waals surface area contributed by atoms with Gasteiger partial charge in [0.25, 0.3) is 5.56 Å². The number of carbonyl (C=O) groups is 1. The van der Waals surface area contributed by atoms with E-state index in [1.54, 1.807) is 19.4 Å². The summed E-state index contributed by atoms with van der Waals surface area (Å²) in [5.74, 6) is -0.449. The van der Waals surface area contributed by atoms with Gasteiger partial charge in [0.1, 0.15) is 17.5 Å². The van der Waals surface area contributed by atoms with Crippen LogP contribution in [0.3, 0.4) is 0 Å². The van der Waals surface area contributed by atoms with E-state index in [2.05, 4.69) is 20.9 Å². The predicted molar refractivity (Wildman–Crippen MR) is 133 cm³/mol. The van der Waals surface area contributed by atoms with E-state index in [1.165, 1.54) is 34.9 Å². The van der Waals surface area contributed by atoms with Crippen LogP contribution in [0, 0.1) is 11.6 Å². The average Bonchev–Trinajstić information content (AvgIpc) is 3.67. The van der Waals surface area contributed by atoms with Gasteiger partial charge in [-0.15, -0.1) is 0 Å². The highest BCUT2D eigenvalue weighted by molar-refractivity contribution is 6.32. The van der Waals surface area contributed by atoms with E-state index in [-0.39, 0.29) is 27.9 Å². The van der Waals surface area contributed by atoms with Crippen LogP contribution >= 0.6 is 11.6 Å². The lowest BCUT2D eigenvalue weighted by Crippen LogP contribution is -2.23. The van der Waals surface area contributed by atoms with Crippen LogP contribution in [0.5, 0.6) is 0 Å². The van der Waals surface area contributed by atoms with Gasteiger partial charge in [-0.3, -0.25) is 9.36 Å². The molecule has 7 nitrogen and oxygen atoms in total. The minimum absolute atomic E-state index is 0.00925. The number of fused-ring (bicyclic) bond motifs is 1. The summed E-state index contributed by atoms with van der Waals surface area (Å²) in [4.78, 5) is 30.3. The lowest BCUT2D eigenvalue weighted by molar-refractivity contribution is 0.262. The van der Waals surface area contributed by atoms with Crippen LogP contribution in [0.2, 0.25) is 5.02 Å². The molecule has 3 N–H and O–H groups in total. The fourth-order valence-electron chi connectivity index (χ4n) is 3.96. The molecule has 0 unspecified atom stereocenters. The number of aromatic nitrogens is 2. The molecule has 4 aromatic rings. The second-order valence-corrected chi connectivity index (χ2v) is 8.68. The van der Waals surface area contributed by atoms with E-state index in [1.807, 2.05) is 6.07 Å². The van der Waals surface area contributed by atoms with Gasteiger partial charge in [-0.1, -0.05) is 11.6 Å². The van der Waals surface area contributed by atoms with Gasteiger partial charge < -0.3 is 16.0 Å². The number of hydrogen-bond acceptors (Lipinski definition) is 4. The summed E-state index contributed by atoms with van der Waals surface area (Å²) in [7, 11) is 1.76. The van der Waals surface area contributed by atoms with Crippen LogP contribution in [0.15, 0.2) is 59.7 Å². The lowest BCUT2D eigenvalue weighted by atomic mass is 10.0. The van der Waals surface area contributed by atoms with Crippen LogP contribution in [0.25, 0.3) is 16.5 Å². The quantitative estimate of drug-likeness (QED) is 0.322. The molecule has 0 atom stereocenters. The molecule has 10 heteroatoms. The molecule has 1 fully saturated rings. The van der Waals surface area contributed by atoms with Crippen molar-refractivity contribution in [1.82, 2.24) is 9.55 Å². The first-order valence-corrected chi connectivity index (χ1v) is 11.3. The Bertz CT molecular complexity index is 1520. The molecule has 1 aliphatic carbocycles. The number of pyridine rings is 2. The minimum Gasteiger partial charge on any atom is -0.373 e. The fourth-order valence-corrected chi connectivity index (χ4v) is 4.20. The van der Waals surface area contributed by atoms with E-state index in [0.717, 1.165) is 29.7 Å². The van der Waals surface area contributed by atoms with Crippen molar-refractivity contribution in [3.05, 3.63) is 87.4 Å². The van der Waals surface area contributed by atoms with E-state index in [9.17, 15) is 18.4 Å². The highest BCUT2D eigenvalue weighted by Gasteiger charge is 2.30. The van der Waals surface area contributed by atoms with Gasteiger partial charge in [0.05, 0.1) is 16.4 Å². The zero-order chi connectivity index (χ0) is 24.7. The van der Waals surface area contributed by atoms with Crippen molar-refractivity contribution in [3.8, 4) is 5.69 Å². The van der Waals surface area contributed by atoms with E-state index in [0.29, 0.717) is 17.1 Å². The molecule has 178 valence electrons. The molecule has 0 spiro atoms. The number of benzene rings is 2. The Labute approximate surface area is 203 Å². The van der Waals surface area contributed by atoms with Crippen LogP contribution < -0.4 is 21.5 Å². The molecule has 0 aliphatic heterocycles. The van der Waals surface area contributed by atoms with Gasteiger partial charge in [0, 0.05) is 36.1 Å². The van der Waals surface area contributed by atoms with Crippen molar-refractivity contribution in [2.45, 2.75) is 18.8 Å². The number of nitrogens with zero attached hydrogens (tertiary/aromatic N) is 2. The largest absolute Gasteiger partial charge is 0.373 e. The number of urea groups is 1. The van der Waals surface area contributed by atoms with Crippen molar-refractivity contribution in [2.24, 2.45) is 0 Å². The smallest absolute Gasteiger partial charge is 0.323 e. The molecule has 2 aromatic heterocycles. The molecule has 1 aliphatic rings. The maximum atomic E-state index is 14.7. The molecule has 0 saturated heterocycles. The summed E-state index contributed by atoms with van der Waals surface area (Å²) in [6.45, 7) is 0. The molecule has 1 saturated carbocycles. The summed E-state index contributed by atoms with van der Waals surface area (Å²) < 4.78 is 29.1. The molecule has 2 heterocycles. The summed E-state index contributed by atoms with van der Waals surface area (Å²) in [6, 6.07) is 8.58. The monoisotopic (exact) mass is 495 g/mol. The first-order valence-electron chi connectivity index (χ1n) is 10.9. The number of hydrogen-bond donors (Lipinski definition) is 3. The number of halogens is 3. The van der Waals surface area contributed by atoms with Crippen molar-refractivity contribution in [3.63, 3.8) is 0 Å². The number of amides is 2. The van der Waals surface area contributed by atoms with Gasteiger partial charge in [0.2, 0.25) is 0 Å². The van der Waals surface area contributed by atoms with Crippen LogP contribution in [-0.4, -0.2) is 22.6 Å². The molecule has 35 heavy (non-hydrogen) atoms. The highest BCUT2D eigenvalue weighted by atomic mass is 35.5. The second kappa shape index (κ2) is 8.99. The Morgan fingerprint density at radius 2 is 1.86 bits per heavy atom. The first-order chi connectivity index (χ1) is 16.8. The summed E-state index contributed by atoms with van der Waals surface area (Å²) in [6.07, 6.45) is 5.07. The van der Waals surface area contributed by atoms with Gasteiger partial charge >= 0.3 is 6.03 Å². The van der Waals surface area contributed by atoms with Crippen LogP contribution in [-0.2, 0) is 0 Å². The maximum Gasteiger partial charge on any atom is 0.323 e. The lowest BCUT2D eigenvalue weighted by Gasteiger charge is -2.16. The van der Waals surface area contributed by atoms with E-state index in [4.69, 9.17) is 11.6 Å². The van der Waals surface area contributed by atoms with Crippen molar-refractivity contribution in [1.29, 1.82) is 0 Å².